The van der Waals surface area contributed by atoms with Gasteiger partial charge in [0, 0.05) is 25.5 Å². The topological polar surface area (TPSA) is 18.5 Å². The lowest BCUT2D eigenvalue weighted by atomic mass is 10.1. The Morgan fingerprint density at radius 3 is 2.39 bits per heavy atom. The maximum Gasteiger partial charge on any atom is 0.376 e. The Hall–Kier alpha value is -1.42. The van der Waals surface area contributed by atoms with E-state index in [4.69, 9.17) is 8.85 Å². The molecule has 94 valence electrons. The minimum atomic E-state index is -2.40. The Morgan fingerprint density at radius 2 is 1.72 bits per heavy atom. The second-order valence-electron chi connectivity index (χ2n) is 4.18. The quantitative estimate of drug-likeness (QED) is 0.606. The predicted molar refractivity (Wildman–Crippen MR) is 78.4 cm³/mol. The van der Waals surface area contributed by atoms with Crippen LogP contribution in [0.1, 0.15) is 0 Å². The van der Waals surface area contributed by atoms with E-state index in [0.29, 0.717) is 0 Å². The minimum absolute atomic E-state index is 0.744. The molecular weight excluding hydrogens is 240 g/mol. The van der Waals surface area contributed by atoms with E-state index in [1.54, 1.807) is 14.2 Å². The summed E-state index contributed by atoms with van der Waals surface area (Å²) in [5, 5.41) is 3.59. The maximum atomic E-state index is 5.77. The van der Waals surface area contributed by atoms with E-state index < -0.39 is 8.56 Å². The van der Waals surface area contributed by atoms with Crippen LogP contribution in [-0.2, 0) is 8.85 Å². The molecule has 0 amide bonds. The smallest absolute Gasteiger partial charge is 0.376 e. The van der Waals surface area contributed by atoms with E-state index in [1.165, 1.54) is 16.0 Å². The lowest BCUT2D eigenvalue weighted by Gasteiger charge is -2.27. The van der Waals surface area contributed by atoms with E-state index in [9.17, 15) is 0 Å². The van der Waals surface area contributed by atoms with E-state index >= 15 is 0 Å². The summed E-state index contributed by atoms with van der Waals surface area (Å²) >= 11 is 0. The van der Waals surface area contributed by atoms with Crippen LogP contribution in [0.2, 0.25) is 6.04 Å². The van der Waals surface area contributed by atoms with Crippen LogP contribution >= 0.6 is 0 Å². The summed E-state index contributed by atoms with van der Waals surface area (Å²) in [6.45, 7) is 3.82. The van der Waals surface area contributed by atoms with Crippen molar-refractivity contribution in [3.05, 3.63) is 55.1 Å². The highest BCUT2D eigenvalue weighted by Crippen LogP contribution is 2.19. The Kier molecular flexibility index (Phi) is 3.96. The van der Waals surface area contributed by atoms with Gasteiger partial charge >= 0.3 is 8.56 Å². The van der Waals surface area contributed by atoms with Crippen LogP contribution in [-0.4, -0.2) is 22.8 Å². The summed E-state index contributed by atoms with van der Waals surface area (Å²) in [5.74, 6) is 0. The summed E-state index contributed by atoms with van der Waals surface area (Å²) in [6.07, 6.45) is 1.88. The molecule has 0 aliphatic carbocycles. The van der Waals surface area contributed by atoms with Gasteiger partial charge in [-0.3, -0.25) is 0 Å². The maximum absolute atomic E-state index is 5.77. The van der Waals surface area contributed by atoms with Gasteiger partial charge in [0.1, 0.15) is 0 Å². The van der Waals surface area contributed by atoms with Crippen LogP contribution in [0.25, 0.3) is 10.8 Å². The van der Waals surface area contributed by atoms with Crippen molar-refractivity contribution in [2.45, 2.75) is 6.04 Å². The first-order chi connectivity index (χ1) is 8.77. The molecule has 0 unspecified atom stereocenters. The van der Waals surface area contributed by atoms with Crippen molar-refractivity contribution < 1.29 is 8.85 Å². The molecule has 0 bridgehead atoms. The van der Waals surface area contributed by atoms with Crippen molar-refractivity contribution >= 4 is 24.5 Å². The highest BCUT2D eigenvalue weighted by molar-refractivity contribution is 6.83. The van der Waals surface area contributed by atoms with Gasteiger partial charge in [-0.2, -0.15) is 0 Å². The van der Waals surface area contributed by atoms with Crippen molar-refractivity contribution in [2.24, 2.45) is 0 Å². The molecule has 0 fully saturated rings. The molecule has 0 aromatic heterocycles. The molecule has 0 atom stereocenters. The number of rotatable bonds is 5. The second-order valence-corrected chi connectivity index (χ2v) is 7.45. The van der Waals surface area contributed by atoms with Crippen LogP contribution < -0.4 is 5.19 Å². The molecule has 3 heteroatoms. The van der Waals surface area contributed by atoms with Crippen molar-refractivity contribution in [3.63, 3.8) is 0 Å². The van der Waals surface area contributed by atoms with Crippen LogP contribution in [0.5, 0.6) is 0 Å². The summed E-state index contributed by atoms with van der Waals surface area (Å²) in [7, 11) is 1.04. The van der Waals surface area contributed by atoms with Gasteiger partial charge in [-0.15, -0.1) is 6.58 Å². The first kappa shape index (κ1) is 13.0. The Morgan fingerprint density at radius 1 is 1.06 bits per heavy atom. The summed E-state index contributed by atoms with van der Waals surface area (Å²) in [4.78, 5) is 0. The van der Waals surface area contributed by atoms with Gasteiger partial charge < -0.3 is 8.85 Å². The van der Waals surface area contributed by atoms with Gasteiger partial charge in [-0.05, 0) is 10.8 Å². The molecule has 0 radical (unpaired) electrons. The van der Waals surface area contributed by atoms with Gasteiger partial charge in [0.25, 0.3) is 0 Å². The molecule has 0 saturated carbocycles. The molecule has 0 aliphatic rings. The molecule has 18 heavy (non-hydrogen) atoms. The van der Waals surface area contributed by atoms with Crippen molar-refractivity contribution in [2.75, 3.05) is 14.2 Å². The average Bonchev–Trinajstić information content (AvgIpc) is 2.44. The van der Waals surface area contributed by atoms with E-state index in [1.807, 2.05) is 18.2 Å². The third-order valence-electron chi connectivity index (χ3n) is 3.27. The number of benzene rings is 2. The SMILES string of the molecule is C=CC[Si](OC)(OC)c1cccc2ccccc12. The number of hydrogen-bond acceptors (Lipinski definition) is 2. The molecular formula is C15H18O2Si. The van der Waals surface area contributed by atoms with Gasteiger partial charge in [-0.1, -0.05) is 48.5 Å². The normalized spacial score (nSPS) is 11.7. The first-order valence-electron chi connectivity index (χ1n) is 5.97. The van der Waals surface area contributed by atoms with Crippen molar-refractivity contribution in [3.8, 4) is 0 Å². The average molecular weight is 258 g/mol. The molecule has 2 rings (SSSR count). The van der Waals surface area contributed by atoms with Gasteiger partial charge in [0.2, 0.25) is 0 Å². The zero-order valence-electron chi connectivity index (χ0n) is 10.8. The van der Waals surface area contributed by atoms with Crippen molar-refractivity contribution in [1.29, 1.82) is 0 Å². The fourth-order valence-corrected chi connectivity index (χ4v) is 4.86. The fraction of sp³-hybridized carbons (Fsp3) is 0.200. The van der Waals surface area contributed by atoms with Crippen LogP contribution in [0.4, 0.5) is 0 Å². The van der Waals surface area contributed by atoms with Gasteiger partial charge in [0.15, 0.2) is 0 Å². The molecule has 2 aromatic carbocycles. The molecule has 0 N–H and O–H groups in total. The number of hydrogen-bond donors (Lipinski definition) is 0. The Labute approximate surface area is 109 Å². The van der Waals surface area contributed by atoms with Gasteiger partial charge in [-0.25, -0.2) is 0 Å². The van der Waals surface area contributed by atoms with Crippen LogP contribution in [0.15, 0.2) is 55.1 Å². The first-order valence-corrected chi connectivity index (χ1v) is 7.99. The van der Waals surface area contributed by atoms with E-state index in [-0.39, 0.29) is 0 Å². The Balaban J connectivity index is 2.67. The summed E-state index contributed by atoms with van der Waals surface area (Å²) in [5.41, 5.74) is 0. The number of allylic oxidation sites excluding steroid dienone is 1. The molecule has 0 heterocycles. The monoisotopic (exact) mass is 258 g/mol. The molecule has 0 spiro atoms. The third kappa shape index (κ3) is 2.12. The van der Waals surface area contributed by atoms with Crippen LogP contribution in [0.3, 0.4) is 0 Å². The lowest BCUT2D eigenvalue weighted by Crippen LogP contribution is -2.52. The Bertz CT molecular complexity index is 542. The molecule has 0 aliphatic heterocycles. The van der Waals surface area contributed by atoms with E-state index in [2.05, 4.69) is 36.9 Å². The van der Waals surface area contributed by atoms with Gasteiger partial charge in [0.05, 0.1) is 0 Å². The summed E-state index contributed by atoms with van der Waals surface area (Å²) < 4.78 is 11.5. The van der Waals surface area contributed by atoms with Crippen LogP contribution in [0, 0.1) is 0 Å². The zero-order chi connectivity index (χ0) is 13.0. The lowest BCUT2D eigenvalue weighted by molar-refractivity contribution is 0.261. The largest absolute Gasteiger partial charge is 0.394 e. The number of fused-ring (bicyclic) bond motifs is 1. The highest BCUT2D eigenvalue weighted by Gasteiger charge is 2.37. The van der Waals surface area contributed by atoms with Crippen molar-refractivity contribution in [1.82, 2.24) is 0 Å². The molecule has 0 saturated heterocycles. The summed E-state index contributed by atoms with van der Waals surface area (Å²) in [6, 6.07) is 15.3. The zero-order valence-corrected chi connectivity index (χ0v) is 11.8. The molecule has 2 nitrogen and oxygen atoms in total. The second kappa shape index (κ2) is 5.48. The minimum Gasteiger partial charge on any atom is -0.394 e. The standard InChI is InChI=1S/C15H18O2Si/c1-4-12-18(16-2,17-3)15-11-7-9-13-8-5-6-10-14(13)15/h4-11H,1,12H2,2-3H3. The van der Waals surface area contributed by atoms with E-state index in [0.717, 1.165) is 6.04 Å². The predicted octanol–water partition coefficient (Wildman–Crippen LogP) is 2.97. The third-order valence-corrected chi connectivity index (χ3v) is 6.67. The molecule has 2 aromatic rings. The highest BCUT2D eigenvalue weighted by atomic mass is 28.4. The fourth-order valence-electron chi connectivity index (χ4n) is 2.33.